The third-order valence-corrected chi connectivity index (χ3v) is 2.54. The molecule has 0 heterocycles. The van der Waals surface area contributed by atoms with Crippen molar-refractivity contribution in [1.29, 1.82) is 0 Å². The van der Waals surface area contributed by atoms with Gasteiger partial charge in [0.15, 0.2) is 11.5 Å². The van der Waals surface area contributed by atoms with E-state index < -0.39 is 18.8 Å². The molecule has 0 aliphatic heterocycles. The zero-order valence-electron chi connectivity index (χ0n) is 10.2. The average molecular weight is 256 g/mol. The highest BCUT2D eigenvalue weighted by Gasteiger charge is 2.24. The first-order valence-corrected chi connectivity index (χ1v) is 5.27. The van der Waals surface area contributed by atoms with Gasteiger partial charge in [0.05, 0.1) is 20.8 Å². The van der Waals surface area contributed by atoms with Gasteiger partial charge < -0.3 is 24.8 Å². The molecule has 6 heteroatoms. The van der Waals surface area contributed by atoms with Crippen molar-refractivity contribution in [2.75, 3.05) is 20.8 Å². The monoisotopic (exact) mass is 256 g/mol. The van der Waals surface area contributed by atoms with Gasteiger partial charge in [-0.05, 0) is 12.1 Å². The first kappa shape index (κ1) is 14.4. The van der Waals surface area contributed by atoms with Crippen molar-refractivity contribution in [3.63, 3.8) is 0 Å². The van der Waals surface area contributed by atoms with Gasteiger partial charge in [0.25, 0.3) is 0 Å². The normalized spacial score (nSPS) is 13.8. The lowest BCUT2D eigenvalue weighted by Gasteiger charge is -2.20. The molecular formula is C12H16O6. The third-order valence-electron chi connectivity index (χ3n) is 2.54. The third kappa shape index (κ3) is 2.79. The summed E-state index contributed by atoms with van der Waals surface area (Å²) in [6.45, 7) is -0.613. The average Bonchev–Trinajstić information content (AvgIpc) is 2.43. The molecule has 3 N–H and O–H groups in total. The summed E-state index contributed by atoms with van der Waals surface area (Å²) in [6.07, 6.45) is -2.16. The van der Waals surface area contributed by atoms with E-state index in [0.717, 1.165) is 0 Å². The second kappa shape index (κ2) is 6.34. The Labute approximate surface area is 104 Å². The molecule has 0 radical (unpaired) electrons. The zero-order chi connectivity index (χ0) is 13.7. The summed E-state index contributed by atoms with van der Waals surface area (Å²) in [7, 11) is 2.77. The van der Waals surface area contributed by atoms with Crippen LogP contribution < -0.4 is 9.47 Å². The Kier molecular flexibility index (Phi) is 5.08. The predicted octanol–water partition coefficient (Wildman–Crippen LogP) is -0.0971. The fourth-order valence-corrected chi connectivity index (χ4v) is 1.61. The van der Waals surface area contributed by atoms with Crippen molar-refractivity contribution in [1.82, 2.24) is 0 Å². The number of rotatable bonds is 6. The number of ether oxygens (including phenoxy) is 2. The van der Waals surface area contributed by atoms with Crippen LogP contribution in [0.15, 0.2) is 12.1 Å². The molecule has 0 spiro atoms. The smallest absolute Gasteiger partial charge is 0.166 e. The van der Waals surface area contributed by atoms with E-state index in [-0.39, 0.29) is 22.6 Å². The zero-order valence-corrected chi connectivity index (χ0v) is 10.2. The van der Waals surface area contributed by atoms with Crippen LogP contribution in [0, 0.1) is 0 Å². The lowest BCUT2D eigenvalue weighted by Crippen LogP contribution is -2.22. The van der Waals surface area contributed by atoms with Crippen LogP contribution in [0.5, 0.6) is 11.5 Å². The summed E-state index contributed by atoms with van der Waals surface area (Å²) in [5.41, 5.74) is 0.451. The van der Waals surface area contributed by atoms with E-state index in [9.17, 15) is 15.0 Å². The molecule has 0 aliphatic rings. The van der Waals surface area contributed by atoms with E-state index in [4.69, 9.17) is 14.6 Å². The Bertz CT molecular complexity index is 417. The molecule has 0 aliphatic carbocycles. The Hall–Kier alpha value is -1.63. The lowest BCUT2D eigenvalue weighted by molar-refractivity contribution is -0.0163. The van der Waals surface area contributed by atoms with E-state index in [2.05, 4.69) is 0 Å². The molecule has 100 valence electrons. The number of carbonyl (C=O) groups is 1. The quantitative estimate of drug-likeness (QED) is 0.615. The highest BCUT2D eigenvalue weighted by atomic mass is 16.5. The molecule has 0 amide bonds. The molecule has 2 atom stereocenters. The SMILES string of the molecule is COc1cc(C=O)cc(C(O)C(O)CO)c1OC. The Morgan fingerprint density at radius 1 is 1.28 bits per heavy atom. The van der Waals surface area contributed by atoms with Crippen molar-refractivity contribution in [3.05, 3.63) is 23.3 Å². The number of aliphatic hydroxyl groups excluding tert-OH is 3. The molecule has 0 aromatic heterocycles. The minimum Gasteiger partial charge on any atom is -0.493 e. The van der Waals surface area contributed by atoms with Gasteiger partial charge in [-0.25, -0.2) is 0 Å². The van der Waals surface area contributed by atoms with Crippen molar-refractivity contribution in [2.45, 2.75) is 12.2 Å². The molecule has 2 unspecified atom stereocenters. The molecule has 0 bridgehead atoms. The molecule has 0 fully saturated rings. The number of aliphatic hydroxyl groups is 3. The van der Waals surface area contributed by atoms with Crippen LogP contribution in [0.4, 0.5) is 0 Å². The maximum absolute atomic E-state index is 10.8. The summed E-state index contributed by atoms with van der Waals surface area (Å²) in [5.74, 6) is 0.476. The van der Waals surface area contributed by atoms with Crippen molar-refractivity contribution < 1.29 is 29.6 Å². The first-order valence-electron chi connectivity index (χ1n) is 5.27. The first-order chi connectivity index (χ1) is 8.58. The predicted molar refractivity (Wildman–Crippen MR) is 63.0 cm³/mol. The number of carbonyl (C=O) groups excluding carboxylic acids is 1. The van der Waals surface area contributed by atoms with Crippen molar-refractivity contribution in [2.24, 2.45) is 0 Å². The van der Waals surface area contributed by atoms with Gasteiger partial charge in [-0.3, -0.25) is 4.79 Å². The minimum absolute atomic E-state index is 0.181. The van der Waals surface area contributed by atoms with Gasteiger partial charge in [-0.15, -0.1) is 0 Å². The van der Waals surface area contributed by atoms with Crippen LogP contribution in [0.2, 0.25) is 0 Å². The highest BCUT2D eigenvalue weighted by molar-refractivity contribution is 5.77. The van der Waals surface area contributed by atoms with Crippen LogP contribution in [-0.2, 0) is 0 Å². The van der Waals surface area contributed by atoms with Gasteiger partial charge >= 0.3 is 0 Å². The van der Waals surface area contributed by atoms with Gasteiger partial charge in [-0.1, -0.05) is 0 Å². The van der Waals surface area contributed by atoms with Crippen molar-refractivity contribution in [3.8, 4) is 11.5 Å². The molecule has 0 saturated carbocycles. The van der Waals surface area contributed by atoms with Gasteiger partial charge in [0.1, 0.15) is 18.5 Å². The minimum atomic E-state index is -1.38. The Morgan fingerprint density at radius 2 is 1.94 bits per heavy atom. The van der Waals surface area contributed by atoms with Gasteiger partial charge in [0, 0.05) is 11.1 Å². The fraction of sp³-hybridized carbons (Fsp3) is 0.417. The summed E-state index contributed by atoms with van der Waals surface area (Å²) in [4.78, 5) is 10.8. The van der Waals surface area contributed by atoms with Crippen molar-refractivity contribution >= 4 is 6.29 Å². The van der Waals surface area contributed by atoms with E-state index in [0.29, 0.717) is 6.29 Å². The molecule has 0 saturated heterocycles. The summed E-state index contributed by atoms with van der Waals surface area (Å²) in [6, 6.07) is 2.82. The largest absolute Gasteiger partial charge is 0.493 e. The number of hydrogen-bond acceptors (Lipinski definition) is 6. The maximum atomic E-state index is 10.8. The van der Waals surface area contributed by atoms with Crippen LogP contribution in [0.1, 0.15) is 22.0 Å². The molecule has 6 nitrogen and oxygen atoms in total. The number of methoxy groups -OCH3 is 2. The van der Waals surface area contributed by atoms with Gasteiger partial charge in [0.2, 0.25) is 0 Å². The standard InChI is InChI=1S/C12H16O6/c1-17-10-4-7(5-13)3-8(12(10)18-2)11(16)9(15)6-14/h3-5,9,11,14-16H,6H2,1-2H3. The van der Waals surface area contributed by atoms with Gasteiger partial charge in [-0.2, -0.15) is 0 Å². The Morgan fingerprint density at radius 3 is 2.39 bits per heavy atom. The lowest BCUT2D eigenvalue weighted by atomic mass is 10.0. The second-order valence-corrected chi connectivity index (χ2v) is 3.66. The molecule has 1 aromatic carbocycles. The van der Waals surface area contributed by atoms with E-state index in [1.54, 1.807) is 0 Å². The number of benzene rings is 1. The summed E-state index contributed by atoms with van der Waals surface area (Å²) >= 11 is 0. The number of hydrogen-bond donors (Lipinski definition) is 3. The topological polar surface area (TPSA) is 96.2 Å². The van der Waals surface area contributed by atoms with E-state index in [1.807, 2.05) is 0 Å². The van der Waals surface area contributed by atoms with Crippen LogP contribution >= 0.6 is 0 Å². The fourth-order valence-electron chi connectivity index (χ4n) is 1.61. The maximum Gasteiger partial charge on any atom is 0.166 e. The van der Waals surface area contributed by atoms with E-state index in [1.165, 1.54) is 26.4 Å². The summed E-state index contributed by atoms with van der Waals surface area (Å²) < 4.78 is 10.1. The summed E-state index contributed by atoms with van der Waals surface area (Å²) in [5, 5.41) is 28.2. The molecule has 18 heavy (non-hydrogen) atoms. The van der Waals surface area contributed by atoms with E-state index >= 15 is 0 Å². The highest BCUT2D eigenvalue weighted by Crippen LogP contribution is 2.36. The second-order valence-electron chi connectivity index (χ2n) is 3.66. The Balaban J connectivity index is 3.34. The molecular weight excluding hydrogens is 240 g/mol. The van der Waals surface area contributed by atoms with Crippen LogP contribution in [0.25, 0.3) is 0 Å². The van der Waals surface area contributed by atoms with Crippen LogP contribution in [-0.4, -0.2) is 48.5 Å². The molecule has 1 aromatic rings. The molecule has 1 rings (SSSR count). The number of aldehydes is 1. The van der Waals surface area contributed by atoms with Crippen LogP contribution in [0.3, 0.4) is 0 Å².